The second-order valence-electron chi connectivity index (χ2n) is 8.19. The molecule has 0 radical (unpaired) electrons. The van der Waals surface area contributed by atoms with Crippen LogP contribution >= 0.6 is 0 Å². The molecule has 3 aromatic carbocycles. The Morgan fingerprint density at radius 2 is 1.44 bits per heavy atom. The number of nitrogens with zero attached hydrogens (tertiary/aromatic N) is 2. The largest absolute Gasteiger partial charge is 0.497 e. The second-order valence-corrected chi connectivity index (χ2v) is 8.19. The molecule has 1 atom stereocenters. The van der Waals surface area contributed by atoms with Gasteiger partial charge in [-0.25, -0.2) is 0 Å². The number of hydrogen-bond donors (Lipinski definition) is 0. The van der Waals surface area contributed by atoms with Gasteiger partial charge in [-0.15, -0.1) is 0 Å². The topological polar surface area (TPSA) is 49.9 Å². The maximum atomic E-state index is 13.5. The number of likely N-dealkylation sites (tertiary alicyclic amines) is 1. The predicted octanol–water partition coefficient (Wildman–Crippen LogP) is 4.27. The van der Waals surface area contributed by atoms with Gasteiger partial charge >= 0.3 is 0 Å². The molecule has 0 bridgehead atoms. The normalized spacial score (nSPS) is 15.6. The molecule has 164 valence electrons. The molecule has 0 aromatic heterocycles. The van der Waals surface area contributed by atoms with Gasteiger partial charge in [0.2, 0.25) is 11.8 Å². The Morgan fingerprint density at radius 1 is 0.875 bits per heavy atom. The smallest absolute Gasteiger partial charge is 0.228 e. The van der Waals surface area contributed by atoms with Crippen molar-refractivity contribution in [2.45, 2.75) is 26.1 Å². The summed E-state index contributed by atoms with van der Waals surface area (Å²) >= 11 is 0. The summed E-state index contributed by atoms with van der Waals surface area (Å²) in [4.78, 5) is 29.9. The summed E-state index contributed by atoms with van der Waals surface area (Å²) in [6.07, 6.45) is 0.259. The number of carbonyl (C=O) groups is 2. The molecule has 3 aromatic rings. The lowest BCUT2D eigenvalue weighted by Crippen LogP contribution is -2.36. The molecule has 0 N–H and O–H groups in total. The zero-order valence-corrected chi connectivity index (χ0v) is 18.3. The molecule has 1 aliphatic heterocycles. The fraction of sp³-hybridized carbons (Fsp3) is 0.259. The van der Waals surface area contributed by atoms with Gasteiger partial charge in [0.05, 0.1) is 13.0 Å². The van der Waals surface area contributed by atoms with E-state index in [9.17, 15) is 9.59 Å². The molecular weight excluding hydrogens is 400 g/mol. The fourth-order valence-corrected chi connectivity index (χ4v) is 4.12. The van der Waals surface area contributed by atoms with Gasteiger partial charge in [-0.1, -0.05) is 72.8 Å². The highest BCUT2D eigenvalue weighted by molar-refractivity contribution is 5.89. The molecule has 1 aliphatic rings. The number of hydrogen-bond acceptors (Lipinski definition) is 3. The highest BCUT2D eigenvalue weighted by Gasteiger charge is 2.36. The van der Waals surface area contributed by atoms with Crippen molar-refractivity contribution in [1.29, 1.82) is 0 Å². The van der Waals surface area contributed by atoms with Crippen molar-refractivity contribution in [3.8, 4) is 5.75 Å². The summed E-state index contributed by atoms with van der Waals surface area (Å²) in [5.41, 5.74) is 3.19. The molecule has 1 fully saturated rings. The van der Waals surface area contributed by atoms with Crippen LogP contribution in [0, 0.1) is 5.92 Å². The molecular formula is C27H28N2O3. The van der Waals surface area contributed by atoms with E-state index in [0.29, 0.717) is 26.2 Å². The van der Waals surface area contributed by atoms with E-state index in [4.69, 9.17) is 4.74 Å². The molecule has 5 heteroatoms. The van der Waals surface area contributed by atoms with E-state index < -0.39 is 0 Å². The van der Waals surface area contributed by atoms with Crippen LogP contribution in [0.1, 0.15) is 23.1 Å². The van der Waals surface area contributed by atoms with E-state index in [-0.39, 0.29) is 24.2 Å². The molecule has 0 spiro atoms. The Balaban J connectivity index is 1.46. The van der Waals surface area contributed by atoms with Crippen LogP contribution in [0.2, 0.25) is 0 Å². The molecule has 1 saturated heterocycles. The molecule has 5 nitrogen and oxygen atoms in total. The first kappa shape index (κ1) is 21.6. The Bertz CT molecular complexity index is 994. The SMILES string of the molecule is COc1ccc(CN2CC(C(=O)N(Cc3ccccc3)Cc3ccccc3)CC2=O)cc1. The lowest BCUT2D eigenvalue weighted by molar-refractivity contribution is -0.137. The van der Waals surface area contributed by atoms with E-state index in [0.717, 1.165) is 22.4 Å². The molecule has 0 aliphatic carbocycles. The van der Waals surface area contributed by atoms with Crippen molar-refractivity contribution in [2.75, 3.05) is 13.7 Å². The van der Waals surface area contributed by atoms with E-state index in [2.05, 4.69) is 0 Å². The zero-order chi connectivity index (χ0) is 22.3. The first-order valence-electron chi connectivity index (χ1n) is 10.9. The van der Waals surface area contributed by atoms with Gasteiger partial charge in [-0.05, 0) is 28.8 Å². The van der Waals surface area contributed by atoms with Gasteiger partial charge in [0.25, 0.3) is 0 Å². The van der Waals surface area contributed by atoms with Gasteiger partial charge in [0.1, 0.15) is 5.75 Å². The third kappa shape index (κ3) is 5.35. The van der Waals surface area contributed by atoms with Gasteiger partial charge in [-0.2, -0.15) is 0 Å². The number of amides is 2. The third-order valence-corrected chi connectivity index (χ3v) is 5.84. The van der Waals surface area contributed by atoms with Crippen molar-refractivity contribution in [1.82, 2.24) is 9.80 Å². The van der Waals surface area contributed by atoms with Crippen molar-refractivity contribution < 1.29 is 14.3 Å². The highest BCUT2D eigenvalue weighted by atomic mass is 16.5. The summed E-state index contributed by atoms with van der Waals surface area (Å²) < 4.78 is 5.20. The van der Waals surface area contributed by atoms with Crippen molar-refractivity contribution >= 4 is 11.8 Å². The first-order chi connectivity index (χ1) is 15.6. The standard InChI is InChI=1S/C27H28N2O3/c1-32-25-14-12-23(13-15-25)17-28-20-24(16-26(28)30)27(31)29(18-21-8-4-2-5-9-21)19-22-10-6-3-7-11-22/h2-15,24H,16-20H2,1H3. The first-order valence-corrected chi connectivity index (χ1v) is 10.9. The van der Waals surface area contributed by atoms with Crippen LogP contribution < -0.4 is 4.74 Å². The summed E-state index contributed by atoms with van der Waals surface area (Å²) in [5, 5.41) is 0. The molecule has 1 heterocycles. The minimum atomic E-state index is -0.326. The number of methoxy groups -OCH3 is 1. The van der Waals surface area contributed by atoms with Crippen molar-refractivity contribution in [3.05, 3.63) is 102 Å². The van der Waals surface area contributed by atoms with E-state index >= 15 is 0 Å². The quantitative estimate of drug-likeness (QED) is 0.538. The minimum absolute atomic E-state index is 0.0264. The summed E-state index contributed by atoms with van der Waals surface area (Å²) in [5.74, 6) is 0.516. The summed E-state index contributed by atoms with van der Waals surface area (Å²) in [7, 11) is 1.63. The van der Waals surface area contributed by atoms with Crippen LogP contribution in [0.4, 0.5) is 0 Å². The molecule has 0 saturated carbocycles. The molecule has 2 amide bonds. The number of ether oxygens (including phenoxy) is 1. The Kier molecular flexibility index (Phi) is 6.85. The van der Waals surface area contributed by atoms with Crippen molar-refractivity contribution in [2.24, 2.45) is 5.92 Å². The Morgan fingerprint density at radius 3 is 1.97 bits per heavy atom. The van der Waals surface area contributed by atoms with Crippen LogP contribution in [0.15, 0.2) is 84.9 Å². The summed E-state index contributed by atoms with van der Waals surface area (Å²) in [6, 6.07) is 27.7. The van der Waals surface area contributed by atoms with Crippen molar-refractivity contribution in [3.63, 3.8) is 0 Å². The van der Waals surface area contributed by atoms with Gasteiger partial charge in [0, 0.05) is 32.6 Å². The lowest BCUT2D eigenvalue weighted by Gasteiger charge is -2.26. The van der Waals surface area contributed by atoms with Crippen LogP contribution in [-0.2, 0) is 29.2 Å². The molecule has 4 rings (SSSR count). The van der Waals surface area contributed by atoms with Crippen LogP contribution in [0.3, 0.4) is 0 Å². The zero-order valence-electron chi connectivity index (χ0n) is 18.3. The van der Waals surface area contributed by atoms with Gasteiger partial charge in [-0.3, -0.25) is 9.59 Å². The van der Waals surface area contributed by atoms with Crippen LogP contribution in [0.25, 0.3) is 0 Å². The van der Waals surface area contributed by atoms with E-state index in [1.807, 2.05) is 89.8 Å². The molecule has 32 heavy (non-hydrogen) atoms. The maximum Gasteiger partial charge on any atom is 0.228 e. The number of carbonyl (C=O) groups excluding carboxylic acids is 2. The lowest BCUT2D eigenvalue weighted by atomic mass is 10.1. The number of rotatable bonds is 8. The average molecular weight is 429 g/mol. The third-order valence-electron chi connectivity index (χ3n) is 5.84. The van der Waals surface area contributed by atoms with E-state index in [1.54, 1.807) is 12.0 Å². The average Bonchev–Trinajstić information content (AvgIpc) is 3.20. The number of benzene rings is 3. The molecule has 1 unspecified atom stereocenters. The van der Waals surface area contributed by atoms with E-state index in [1.165, 1.54) is 0 Å². The predicted molar refractivity (Wildman–Crippen MR) is 124 cm³/mol. The minimum Gasteiger partial charge on any atom is -0.497 e. The fourth-order valence-electron chi connectivity index (χ4n) is 4.12. The van der Waals surface area contributed by atoms with Crippen LogP contribution in [-0.4, -0.2) is 35.3 Å². The Labute approximate surface area is 189 Å². The maximum absolute atomic E-state index is 13.5. The van der Waals surface area contributed by atoms with Gasteiger partial charge in [0.15, 0.2) is 0 Å². The summed E-state index contributed by atoms with van der Waals surface area (Å²) in [6.45, 7) is 2.00. The highest BCUT2D eigenvalue weighted by Crippen LogP contribution is 2.25. The Hall–Kier alpha value is -3.60. The second kappa shape index (κ2) is 10.1. The monoisotopic (exact) mass is 428 g/mol. The van der Waals surface area contributed by atoms with Gasteiger partial charge < -0.3 is 14.5 Å². The van der Waals surface area contributed by atoms with Crippen LogP contribution in [0.5, 0.6) is 5.75 Å².